The Hall–Kier alpha value is -3.41. The standard InChI is InChI=1S/C30H38FN3O2/c1-6-24(5)34(20-28-15-10-16-32(28)19-26-12-8-7-11-23(26)4)29(35)21-33(18-22(2)3)30(36)25-13-9-14-27(31)17-25/h7-17,22,24H,6,18-21H2,1-5H3. The van der Waals surface area contributed by atoms with Crippen molar-refractivity contribution < 1.29 is 14.0 Å². The lowest BCUT2D eigenvalue weighted by Crippen LogP contribution is -2.47. The highest BCUT2D eigenvalue weighted by Gasteiger charge is 2.26. The molecule has 0 aliphatic rings. The molecule has 0 fully saturated rings. The summed E-state index contributed by atoms with van der Waals surface area (Å²) in [6, 6.07) is 18.0. The zero-order chi connectivity index (χ0) is 26.2. The first-order valence-corrected chi connectivity index (χ1v) is 12.7. The lowest BCUT2D eigenvalue weighted by molar-refractivity contribution is -0.134. The topological polar surface area (TPSA) is 45.6 Å². The Morgan fingerprint density at radius 2 is 1.75 bits per heavy atom. The highest BCUT2D eigenvalue weighted by molar-refractivity contribution is 5.96. The van der Waals surface area contributed by atoms with E-state index in [0.29, 0.717) is 13.1 Å². The molecule has 5 nitrogen and oxygen atoms in total. The maximum absolute atomic E-state index is 13.8. The number of hydrogen-bond acceptors (Lipinski definition) is 2. The van der Waals surface area contributed by atoms with Crippen molar-refractivity contribution in [2.24, 2.45) is 5.92 Å². The van der Waals surface area contributed by atoms with E-state index >= 15 is 0 Å². The van der Waals surface area contributed by atoms with Gasteiger partial charge in [0.05, 0.1) is 6.54 Å². The molecule has 0 N–H and O–H groups in total. The summed E-state index contributed by atoms with van der Waals surface area (Å²) in [5.41, 5.74) is 3.76. The molecule has 3 aromatic rings. The number of halogens is 1. The molecule has 36 heavy (non-hydrogen) atoms. The maximum atomic E-state index is 13.8. The molecule has 1 aromatic heterocycles. The van der Waals surface area contributed by atoms with Gasteiger partial charge >= 0.3 is 0 Å². The van der Waals surface area contributed by atoms with Crippen molar-refractivity contribution in [1.29, 1.82) is 0 Å². The van der Waals surface area contributed by atoms with E-state index in [4.69, 9.17) is 0 Å². The Labute approximate surface area is 214 Å². The van der Waals surface area contributed by atoms with Crippen LogP contribution in [-0.2, 0) is 17.9 Å². The van der Waals surface area contributed by atoms with E-state index in [1.54, 1.807) is 11.0 Å². The van der Waals surface area contributed by atoms with Crippen LogP contribution in [0.5, 0.6) is 0 Å². The molecule has 2 amide bonds. The van der Waals surface area contributed by atoms with E-state index in [2.05, 4.69) is 30.5 Å². The summed E-state index contributed by atoms with van der Waals surface area (Å²) < 4.78 is 16.0. The number of rotatable bonds is 11. The molecule has 0 saturated carbocycles. The van der Waals surface area contributed by atoms with Gasteiger partial charge in [0.1, 0.15) is 12.4 Å². The third-order valence-corrected chi connectivity index (χ3v) is 6.57. The molecule has 1 atom stereocenters. The van der Waals surface area contributed by atoms with E-state index in [-0.39, 0.29) is 35.9 Å². The van der Waals surface area contributed by atoms with Gasteiger partial charge in [0.2, 0.25) is 5.91 Å². The molecular formula is C30H38FN3O2. The van der Waals surface area contributed by atoms with Gasteiger partial charge in [-0.3, -0.25) is 9.59 Å². The van der Waals surface area contributed by atoms with Crippen LogP contribution in [0.2, 0.25) is 0 Å². The lowest BCUT2D eigenvalue weighted by Gasteiger charge is -2.32. The Bertz CT molecular complexity index is 1170. The first-order valence-electron chi connectivity index (χ1n) is 12.7. The van der Waals surface area contributed by atoms with Crippen LogP contribution in [0.1, 0.15) is 61.3 Å². The van der Waals surface area contributed by atoms with Gasteiger partial charge in [0, 0.05) is 36.6 Å². The predicted molar refractivity (Wildman–Crippen MR) is 142 cm³/mol. The normalized spacial score (nSPS) is 12.0. The van der Waals surface area contributed by atoms with Crippen molar-refractivity contribution in [3.8, 4) is 0 Å². The van der Waals surface area contributed by atoms with Crippen LogP contribution in [0.25, 0.3) is 0 Å². The van der Waals surface area contributed by atoms with Gasteiger partial charge in [0.15, 0.2) is 0 Å². The third kappa shape index (κ3) is 7.06. The second-order valence-corrected chi connectivity index (χ2v) is 9.92. The van der Waals surface area contributed by atoms with E-state index in [1.165, 1.54) is 29.3 Å². The highest BCUT2D eigenvalue weighted by Crippen LogP contribution is 2.17. The summed E-state index contributed by atoms with van der Waals surface area (Å²) >= 11 is 0. The van der Waals surface area contributed by atoms with Crippen molar-refractivity contribution in [2.75, 3.05) is 13.1 Å². The second kappa shape index (κ2) is 12.5. The molecule has 192 valence electrons. The number of aromatic nitrogens is 1. The molecule has 0 bridgehead atoms. The van der Waals surface area contributed by atoms with Gasteiger partial charge in [-0.25, -0.2) is 4.39 Å². The number of amides is 2. The molecular weight excluding hydrogens is 453 g/mol. The van der Waals surface area contributed by atoms with Crippen LogP contribution >= 0.6 is 0 Å². The number of benzene rings is 2. The average Bonchev–Trinajstić information content (AvgIpc) is 3.28. The van der Waals surface area contributed by atoms with Gasteiger partial charge in [-0.1, -0.05) is 51.1 Å². The van der Waals surface area contributed by atoms with Crippen LogP contribution in [0.15, 0.2) is 66.9 Å². The minimum Gasteiger partial charge on any atom is -0.345 e. The van der Waals surface area contributed by atoms with E-state index in [1.807, 2.05) is 56.1 Å². The number of hydrogen-bond donors (Lipinski definition) is 0. The maximum Gasteiger partial charge on any atom is 0.254 e. The Kier molecular flexibility index (Phi) is 9.45. The predicted octanol–water partition coefficient (Wildman–Crippen LogP) is 5.91. The van der Waals surface area contributed by atoms with Gasteiger partial charge in [-0.15, -0.1) is 0 Å². The summed E-state index contributed by atoms with van der Waals surface area (Å²) in [6.45, 7) is 11.8. The number of carbonyl (C=O) groups is 2. The molecule has 1 unspecified atom stereocenters. The largest absolute Gasteiger partial charge is 0.345 e. The van der Waals surface area contributed by atoms with Gasteiger partial charge in [0.25, 0.3) is 5.91 Å². The molecule has 0 saturated heterocycles. The van der Waals surface area contributed by atoms with Crippen LogP contribution in [0, 0.1) is 18.7 Å². The third-order valence-electron chi connectivity index (χ3n) is 6.57. The zero-order valence-corrected chi connectivity index (χ0v) is 22.1. The Balaban J connectivity index is 1.81. The minimum absolute atomic E-state index is 0.00415. The fourth-order valence-corrected chi connectivity index (χ4v) is 4.32. The van der Waals surface area contributed by atoms with E-state index < -0.39 is 5.82 Å². The summed E-state index contributed by atoms with van der Waals surface area (Å²) in [5, 5.41) is 0. The van der Waals surface area contributed by atoms with E-state index in [9.17, 15) is 14.0 Å². The van der Waals surface area contributed by atoms with Crippen molar-refractivity contribution in [3.63, 3.8) is 0 Å². The van der Waals surface area contributed by atoms with E-state index in [0.717, 1.165) is 18.7 Å². The monoisotopic (exact) mass is 491 g/mol. The average molecular weight is 492 g/mol. The summed E-state index contributed by atoms with van der Waals surface area (Å²) in [7, 11) is 0. The minimum atomic E-state index is -0.465. The molecule has 2 aromatic carbocycles. The molecule has 1 heterocycles. The van der Waals surface area contributed by atoms with Crippen LogP contribution in [0.4, 0.5) is 4.39 Å². The molecule has 6 heteroatoms. The fraction of sp³-hybridized carbons (Fsp3) is 0.400. The Morgan fingerprint density at radius 1 is 1.00 bits per heavy atom. The van der Waals surface area contributed by atoms with Gasteiger partial charge in [-0.2, -0.15) is 0 Å². The van der Waals surface area contributed by atoms with Crippen molar-refractivity contribution in [3.05, 3.63) is 95.1 Å². The zero-order valence-electron chi connectivity index (χ0n) is 22.1. The molecule has 0 spiro atoms. The summed E-state index contributed by atoms with van der Waals surface area (Å²) in [4.78, 5) is 30.3. The number of carbonyl (C=O) groups excluding carboxylic acids is 2. The smallest absolute Gasteiger partial charge is 0.254 e. The number of nitrogens with zero attached hydrogens (tertiary/aromatic N) is 3. The van der Waals surface area contributed by atoms with Crippen LogP contribution < -0.4 is 0 Å². The highest BCUT2D eigenvalue weighted by atomic mass is 19.1. The van der Waals surface area contributed by atoms with Crippen LogP contribution in [-0.4, -0.2) is 45.3 Å². The lowest BCUT2D eigenvalue weighted by atomic mass is 10.1. The SMILES string of the molecule is CCC(C)N(Cc1cccn1Cc1ccccc1C)C(=O)CN(CC(C)C)C(=O)c1cccc(F)c1. The first-order chi connectivity index (χ1) is 17.2. The Morgan fingerprint density at radius 3 is 2.42 bits per heavy atom. The molecule has 3 rings (SSSR count). The molecule has 0 aliphatic heterocycles. The fourth-order valence-electron chi connectivity index (χ4n) is 4.32. The second-order valence-electron chi connectivity index (χ2n) is 9.92. The van der Waals surface area contributed by atoms with Crippen LogP contribution in [0.3, 0.4) is 0 Å². The molecule has 0 radical (unpaired) electrons. The molecule has 0 aliphatic carbocycles. The first kappa shape index (κ1) is 27.2. The quantitative estimate of drug-likeness (QED) is 0.335. The number of aryl methyl sites for hydroxylation is 1. The van der Waals surface area contributed by atoms with Gasteiger partial charge in [-0.05, 0) is 67.6 Å². The summed E-state index contributed by atoms with van der Waals surface area (Å²) in [5.74, 6) is -0.743. The van der Waals surface area contributed by atoms with Crippen molar-refractivity contribution in [1.82, 2.24) is 14.4 Å². The summed E-state index contributed by atoms with van der Waals surface area (Å²) in [6.07, 6.45) is 2.84. The van der Waals surface area contributed by atoms with Gasteiger partial charge < -0.3 is 14.4 Å². The van der Waals surface area contributed by atoms with Crippen molar-refractivity contribution >= 4 is 11.8 Å². The van der Waals surface area contributed by atoms with Crippen molar-refractivity contribution in [2.45, 2.75) is 60.2 Å².